The van der Waals surface area contributed by atoms with Crippen LogP contribution < -0.4 is 4.57 Å². The summed E-state index contributed by atoms with van der Waals surface area (Å²) in [6, 6.07) is 37.9. The average Bonchev–Trinajstić information content (AvgIpc) is 2.93. The van der Waals surface area contributed by atoms with Gasteiger partial charge in [-0.1, -0.05) is 48.5 Å². The molecule has 6 aromatic rings. The molecule has 0 fully saturated rings. The molecule has 0 atom stereocenters. The summed E-state index contributed by atoms with van der Waals surface area (Å²) in [6.07, 6.45) is 0. The Morgan fingerprint density at radius 3 is 1.46 bits per heavy atom. The maximum atomic E-state index is 9.75. The highest BCUT2D eigenvalue weighted by Gasteiger charge is 2.31. The Morgan fingerprint density at radius 1 is 0.462 bits per heavy atom. The molecule has 2 aliphatic heterocycles. The van der Waals surface area contributed by atoms with Gasteiger partial charge in [0.2, 0.25) is 16.7 Å². The summed E-state index contributed by atoms with van der Waals surface area (Å²) >= 11 is 0. The molecular weight excluding hydrogens is 505 g/mol. The van der Waals surface area contributed by atoms with Gasteiger partial charge in [0.25, 0.3) is 0 Å². The first-order chi connectivity index (χ1) is 18.9. The predicted octanol–water partition coefficient (Wildman–Crippen LogP) is 9.27. The third kappa shape index (κ3) is 3.87. The van der Waals surface area contributed by atoms with Crippen molar-refractivity contribution in [3.63, 3.8) is 0 Å². The highest BCUT2D eigenvalue weighted by Crippen LogP contribution is 2.47. The second-order valence-electron chi connectivity index (χ2n) is 9.25. The highest BCUT2D eigenvalue weighted by molar-refractivity contribution is 6.50. The summed E-state index contributed by atoms with van der Waals surface area (Å²) in [5, 5.41) is 2.25. The van der Waals surface area contributed by atoms with E-state index in [-0.39, 0.29) is 0 Å². The van der Waals surface area contributed by atoms with E-state index in [0.29, 0.717) is 0 Å². The van der Waals surface area contributed by atoms with Gasteiger partial charge in [-0.05, 0) is 47.5 Å². The molecule has 0 unspecified atom stereocenters. The van der Waals surface area contributed by atoms with E-state index in [1.54, 1.807) is 0 Å². The lowest BCUT2D eigenvalue weighted by molar-refractivity contribution is -0.537. The molecule has 5 aromatic carbocycles. The molecule has 0 radical (unpaired) electrons. The summed E-state index contributed by atoms with van der Waals surface area (Å²) in [7, 11) is -6.00. The third-order valence-electron chi connectivity index (χ3n) is 6.90. The van der Waals surface area contributed by atoms with Gasteiger partial charge in [0.15, 0.2) is 0 Å². The summed E-state index contributed by atoms with van der Waals surface area (Å²) in [5.74, 6) is 0. The van der Waals surface area contributed by atoms with Crippen LogP contribution in [0, 0.1) is 0 Å². The minimum Gasteiger partial charge on any atom is -0.456 e. The number of hydrogen-bond donors (Lipinski definition) is 0. The van der Waals surface area contributed by atoms with Crippen molar-refractivity contribution in [2.24, 2.45) is 0 Å². The van der Waals surface area contributed by atoms with E-state index in [9.17, 15) is 17.3 Å². The van der Waals surface area contributed by atoms with E-state index in [1.165, 1.54) is 16.7 Å². The van der Waals surface area contributed by atoms with Crippen LogP contribution in [0.3, 0.4) is 0 Å². The first-order valence-corrected chi connectivity index (χ1v) is 12.3. The zero-order valence-electron chi connectivity index (χ0n) is 20.2. The van der Waals surface area contributed by atoms with Crippen molar-refractivity contribution >= 4 is 51.4 Å². The molecule has 0 amide bonds. The van der Waals surface area contributed by atoms with Crippen LogP contribution in [0.2, 0.25) is 0 Å². The van der Waals surface area contributed by atoms with Crippen molar-refractivity contribution < 1.29 is 30.7 Å². The maximum absolute atomic E-state index is 9.75. The molecular formula is C31H18BF4NO2. The van der Waals surface area contributed by atoms with Crippen molar-refractivity contribution in [3.05, 3.63) is 109 Å². The lowest BCUT2D eigenvalue weighted by Crippen LogP contribution is -2.33. The van der Waals surface area contributed by atoms with Gasteiger partial charge in [0, 0.05) is 29.8 Å². The van der Waals surface area contributed by atoms with Crippen LogP contribution in [-0.2, 0) is 0 Å². The topological polar surface area (TPSA) is 30.2 Å². The summed E-state index contributed by atoms with van der Waals surface area (Å²) in [6.45, 7) is 0. The van der Waals surface area contributed by atoms with Crippen LogP contribution in [0.25, 0.3) is 72.1 Å². The molecule has 190 valence electrons. The number of nitrogens with zero attached hydrogens (tertiary/aromatic N) is 1. The molecule has 0 saturated heterocycles. The van der Waals surface area contributed by atoms with E-state index < -0.39 is 7.25 Å². The number of hydrogen-bond acceptors (Lipinski definition) is 2. The average molecular weight is 523 g/mol. The number of halogens is 4. The molecule has 39 heavy (non-hydrogen) atoms. The molecule has 0 N–H and O–H groups in total. The fourth-order valence-corrected chi connectivity index (χ4v) is 5.47. The monoisotopic (exact) mass is 523 g/mol. The largest absolute Gasteiger partial charge is 0.673 e. The lowest BCUT2D eigenvalue weighted by atomic mass is 9.92. The van der Waals surface area contributed by atoms with Gasteiger partial charge in [0.1, 0.15) is 22.3 Å². The van der Waals surface area contributed by atoms with Gasteiger partial charge >= 0.3 is 7.25 Å². The van der Waals surface area contributed by atoms with Gasteiger partial charge in [0.05, 0.1) is 16.3 Å². The molecule has 8 rings (SSSR count). The second-order valence-corrected chi connectivity index (χ2v) is 9.25. The minimum atomic E-state index is -6.00. The van der Waals surface area contributed by atoms with Gasteiger partial charge in [-0.25, -0.2) is 0 Å². The van der Waals surface area contributed by atoms with E-state index in [4.69, 9.17) is 8.83 Å². The van der Waals surface area contributed by atoms with E-state index in [2.05, 4.69) is 89.5 Å². The molecule has 3 heterocycles. The summed E-state index contributed by atoms with van der Waals surface area (Å²) in [4.78, 5) is 0. The number of rotatable bonds is 2. The Balaban J connectivity index is 0.000000468. The molecule has 0 aliphatic carbocycles. The van der Waals surface area contributed by atoms with Crippen molar-refractivity contribution in [2.45, 2.75) is 0 Å². The van der Waals surface area contributed by atoms with Crippen molar-refractivity contribution in [1.29, 1.82) is 0 Å². The van der Waals surface area contributed by atoms with Crippen molar-refractivity contribution in [3.8, 4) is 27.9 Å². The van der Waals surface area contributed by atoms with Crippen LogP contribution in [0.1, 0.15) is 0 Å². The number of benzene rings is 5. The SMILES string of the molecule is F[B-](F)(F)F.c1ccc(-c2ccc(-[n+]3c4cccc5oc6cccc7oc8cccc3c8c(c54)-c67)cc2)cc1. The van der Waals surface area contributed by atoms with Gasteiger partial charge in [-0.3, -0.25) is 0 Å². The molecule has 8 heteroatoms. The number of aromatic nitrogens is 1. The Hall–Kier alpha value is -4.85. The van der Waals surface area contributed by atoms with E-state index >= 15 is 0 Å². The van der Waals surface area contributed by atoms with Gasteiger partial charge in [-0.2, -0.15) is 4.57 Å². The zero-order valence-corrected chi connectivity index (χ0v) is 20.2. The van der Waals surface area contributed by atoms with E-state index in [1.807, 2.05) is 24.3 Å². The maximum Gasteiger partial charge on any atom is 0.673 e. The van der Waals surface area contributed by atoms with Crippen molar-refractivity contribution in [1.82, 2.24) is 0 Å². The van der Waals surface area contributed by atoms with Crippen LogP contribution in [-0.4, -0.2) is 7.25 Å². The smallest absolute Gasteiger partial charge is 0.456 e. The first kappa shape index (κ1) is 23.3. The van der Waals surface area contributed by atoms with Gasteiger partial charge in [-0.15, -0.1) is 0 Å². The molecule has 0 bridgehead atoms. The zero-order chi connectivity index (χ0) is 26.7. The lowest BCUT2D eigenvalue weighted by Gasteiger charge is -2.18. The van der Waals surface area contributed by atoms with Crippen LogP contribution in [0.5, 0.6) is 0 Å². The molecule has 0 saturated carbocycles. The number of pyridine rings is 1. The molecule has 3 nitrogen and oxygen atoms in total. The second kappa shape index (κ2) is 8.59. The molecule has 0 spiro atoms. The Kier molecular flexibility index (Phi) is 5.13. The standard InChI is InChI=1S/C31H18NO2.BF4/c1-2-7-19(8-3-1)20-15-17-21(18-16-20)32-22-9-4-11-24-28(22)31-29-23(32)10-5-12-25(29)34-27-14-6-13-26(33-24)30(27)31;2-1(3,4)5/h1-18H;/q+1;-1. The molecule has 2 aliphatic rings. The molecule has 1 aromatic heterocycles. The fraction of sp³-hybridized carbons (Fsp3) is 0. The third-order valence-corrected chi connectivity index (χ3v) is 6.90. The first-order valence-electron chi connectivity index (χ1n) is 12.3. The van der Waals surface area contributed by atoms with Crippen LogP contribution in [0.4, 0.5) is 17.3 Å². The summed E-state index contributed by atoms with van der Waals surface area (Å²) in [5.41, 5.74) is 11.4. The fourth-order valence-electron chi connectivity index (χ4n) is 5.47. The van der Waals surface area contributed by atoms with Crippen molar-refractivity contribution in [2.75, 3.05) is 0 Å². The Morgan fingerprint density at radius 2 is 0.923 bits per heavy atom. The minimum absolute atomic E-state index is 0.846. The Bertz CT molecular complexity index is 1960. The van der Waals surface area contributed by atoms with Crippen LogP contribution in [0.15, 0.2) is 118 Å². The van der Waals surface area contributed by atoms with Crippen LogP contribution >= 0.6 is 0 Å². The highest BCUT2D eigenvalue weighted by atomic mass is 19.5. The predicted molar refractivity (Wildman–Crippen MR) is 146 cm³/mol. The quantitative estimate of drug-likeness (QED) is 0.0743. The summed E-state index contributed by atoms with van der Waals surface area (Å²) < 4.78 is 54.1. The van der Waals surface area contributed by atoms with E-state index in [0.717, 1.165) is 55.4 Å². The normalized spacial score (nSPS) is 12.1. The van der Waals surface area contributed by atoms with Gasteiger partial charge < -0.3 is 26.1 Å². The Labute approximate surface area is 219 Å².